The van der Waals surface area contributed by atoms with Crippen LogP contribution in [0.3, 0.4) is 0 Å². The molecule has 0 N–H and O–H groups in total. The van der Waals surface area contributed by atoms with E-state index in [-0.39, 0.29) is 0 Å². The molecule has 1 rings (SSSR count). The molecule has 0 bridgehead atoms. The van der Waals surface area contributed by atoms with Crippen LogP contribution >= 0.6 is 0 Å². The Morgan fingerprint density at radius 1 is 1.36 bits per heavy atom. The van der Waals surface area contributed by atoms with Gasteiger partial charge < -0.3 is 9.64 Å². The Morgan fingerprint density at radius 3 is 2.50 bits per heavy atom. The van der Waals surface area contributed by atoms with E-state index >= 15 is 0 Å². The van der Waals surface area contributed by atoms with Gasteiger partial charge in [0.05, 0.1) is 6.10 Å². The predicted molar refractivity (Wildman–Crippen MR) is 59.1 cm³/mol. The summed E-state index contributed by atoms with van der Waals surface area (Å²) in [5, 5.41) is 0. The molecule has 0 saturated carbocycles. The lowest BCUT2D eigenvalue weighted by atomic mass is 10.1. The van der Waals surface area contributed by atoms with E-state index in [2.05, 4.69) is 30.6 Å². The number of ether oxygens (including phenoxy) is 1. The van der Waals surface area contributed by atoms with Gasteiger partial charge in [0.2, 0.25) is 0 Å². The summed E-state index contributed by atoms with van der Waals surface area (Å²) in [4.78, 5) is 2.51. The molecule has 1 heterocycles. The maximum Gasteiger partial charge on any atom is 0.108 e. The molecule has 2 nitrogen and oxygen atoms in total. The highest BCUT2D eigenvalue weighted by Crippen LogP contribution is 2.15. The molecule has 0 aromatic rings. The van der Waals surface area contributed by atoms with Crippen LogP contribution < -0.4 is 0 Å². The monoisotopic (exact) mass is 195 g/mol. The van der Waals surface area contributed by atoms with Crippen LogP contribution in [-0.4, -0.2) is 36.7 Å². The third-order valence-corrected chi connectivity index (χ3v) is 2.77. The molecule has 80 valence electrons. The minimum atomic E-state index is 0.436. The largest absolute Gasteiger partial charge is 0.365 e. The molecule has 0 spiro atoms. The Balaban J connectivity index is 2.17. The van der Waals surface area contributed by atoms with Gasteiger partial charge in [-0.1, -0.05) is 5.92 Å². The zero-order valence-electron chi connectivity index (χ0n) is 9.55. The summed E-state index contributed by atoms with van der Waals surface area (Å²) in [5.74, 6) is 5.79. The van der Waals surface area contributed by atoms with E-state index in [9.17, 15) is 0 Å². The fourth-order valence-electron chi connectivity index (χ4n) is 1.79. The molecule has 1 aliphatic heterocycles. The Kier molecular flexibility index (Phi) is 5.00. The fourth-order valence-corrected chi connectivity index (χ4v) is 1.79. The molecule has 1 fully saturated rings. The first-order chi connectivity index (χ1) is 6.74. The summed E-state index contributed by atoms with van der Waals surface area (Å²) < 4.78 is 5.65. The molecule has 2 heteroatoms. The van der Waals surface area contributed by atoms with Crippen molar-refractivity contribution < 1.29 is 4.74 Å². The number of rotatable bonds is 3. The third kappa shape index (κ3) is 3.69. The Labute approximate surface area is 87.6 Å². The summed E-state index contributed by atoms with van der Waals surface area (Å²) in [7, 11) is 0. The molecule has 0 radical (unpaired) electrons. The molecule has 1 saturated heterocycles. The van der Waals surface area contributed by atoms with Gasteiger partial charge in [-0.2, -0.15) is 0 Å². The highest BCUT2D eigenvalue weighted by Gasteiger charge is 2.20. The second-order valence-electron chi connectivity index (χ2n) is 4.07. The maximum absolute atomic E-state index is 5.65. The van der Waals surface area contributed by atoms with Crippen LogP contribution in [0.5, 0.6) is 0 Å². The SMILES string of the molecule is CC#CCOC1CCN(C(C)C)CC1. The normalized spacial score (nSPS) is 19.4. The second-order valence-corrected chi connectivity index (χ2v) is 4.07. The minimum absolute atomic E-state index is 0.436. The van der Waals surface area contributed by atoms with Crippen molar-refractivity contribution in [3.63, 3.8) is 0 Å². The summed E-state index contributed by atoms with van der Waals surface area (Å²) in [6, 6.07) is 0.673. The van der Waals surface area contributed by atoms with E-state index in [1.807, 2.05) is 6.92 Å². The topological polar surface area (TPSA) is 12.5 Å². The van der Waals surface area contributed by atoms with Crippen molar-refractivity contribution in [3.05, 3.63) is 0 Å². The van der Waals surface area contributed by atoms with Gasteiger partial charge in [-0.05, 0) is 33.6 Å². The van der Waals surface area contributed by atoms with Crippen molar-refractivity contribution >= 4 is 0 Å². The van der Waals surface area contributed by atoms with E-state index < -0.39 is 0 Å². The summed E-state index contributed by atoms with van der Waals surface area (Å²) in [6.45, 7) is 9.30. The van der Waals surface area contributed by atoms with Gasteiger partial charge in [0.25, 0.3) is 0 Å². The van der Waals surface area contributed by atoms with Crippen LogP contribution in [-0.2, 0) is 4.74 Å². The number of piperidine rings is 1. The molecule has 1 aliphatic rings. The van der Waals surface area contributed by atoms with E-state index in [1.54, 1.807) is 0 Å². The molecule has 0 unspecified atom stereocenters. The van der Waals surface area contributed by atoms with Gasteiger partial charge in [0, 0.05) is 19.1 Å². The lowest BCUT2D eigenvalue weighted by molar-refractivity contribution is 0.0171. The standard InChI is InChI=1S/C12H21NO/c1-4-5-10-14-12-6-8-13(9-7-12)11(2)3/h11-12H,6-10H2,1-3H3. The van der Waals surface area contributed by atoms with E-state index in [1.165, 1.54) is 13.1 Å². The highest BCUT2D eigenvalue weighted by molar-refractivity contribution is 4.95. The molecule has 0 amide bonds. The lowest BCUT2D eigenvalue weighted by Gasteiger charge is -2.34. The summed E-state index contributed by atoms with van der Waals surface area (Å²) in [6.07, 6.45) is 2.75. The number of hydrogen-bond acceptors (Lipinski definition) is 2. The summed E-state index contributed by atoms with van der Waals surface area (Å²) >= 11 is 0. The molecule has 0 aromatic heterocycles. The molecular formula is C12H21NO. The van der Waals surface area contributed by atoms with Crippen LogP contribution in [0.25, 0.3) is 0 Å². The van der Waals surface area contributed by atoms with Crippen molar-refractivity contribution in [2.45, 2.75) is 45.8 Å². The number of nitrogens with zero attached hydrogens (tertiary/aromatic N) is 1. The number of likely N-dealkylation sites (tertiary alicyclic amines) is 1. The molecule has 0 atom stereocenters. The highest BCUT2D eigenvalue weighted by atomic mass is 16.5. The van der Waals surface area contributed by atoms with Crippen molar-refractivity contribution in [2.24, 2.45) is 0 Å². The van der Waals surface area contributed by atoms with Crippen LogP contribution in [0.1, 0.15) is 33.6 Å². The third-order valence-electron chi connectivity index (χ3n) is 2.77. The van der Waals surface area contributed by atoms with Gasteiger partial charge in [0.15, 0.2) is 0 Å². The molecule has 0 aromatic carbocycles. The maximum atomic E-state index is 5.65. The van der Waals surface area contributed by atoms with Crippen molar-refractivity contribution in [2.75, 3.05) is 19.7 Å². The van der Waals surface area contributed by atoms with Crippen LogP contribution in [0.2, 0.25) is 0 Å². The first-order valence-electron chi connectivity index (χ1n) is 5.49. The zero-order chi connectivity index (χ0) is 10.4. The fraction of sp³-hybridized carbons (Fsp3) is 0.833. The molecular weight excluding hydrogens is 174 g/mol. The average molecular weight is 195 g/mol. The van der Waals surface area contributed by atoms with Crippen LogP contribution in [0.15, 0.2) is 0 Å². The van der Waals surface area contributed by atoms with Crippen molar-refractivity contribution in [1.82, 2.24) is 4.90 Å². The van der Waals surface area contributed by atoms with Crippen LogP contribution in [0, 0.1) is 11.8 Å². The second kappa shape index (κ2) is 6.06. The average Bonchev–Trinajstić information content (AvgIpc) is 2.19. The number of hydrogen-bond donors (Lipinski definition) is 0. The predicted octanol–water partition coefficient (Wildman–Crippen LogP) is 1.90. The Hall–Kier alpha value is -0.520. The van der Waals surface area contributed by atoms with E-state index in [0.717, 1.165) is 12.8 Å². The van der Waals surface area contributed by atoms with E-state index in [4.69, 9.17) is 4.74 Å². The van der Waals surface area contributed by atoms with Gasteiger partial charge in [-0.3, -0.25) is 0 Å². The smallest absolute Gasteiger partial charge is 0.108 e. The van der Waals surface area contributed by atoms with E-state index in [0.29, 0.717) is 18.8 Å². The molecule has 0 aliphatic carbocycles. The van der Waals surface area contributed by atoms with Crippen LogP contribution in [0.4, 0.5) is 0 Å². The quantitative estimate of drug-likeness (QED) is 0.638. The first-order valence-corrected chi connectivity index (χ1v) is 5.49. The Bertz CT molecular complexity index is 206. The summed E-state index contributed by atoms with van der Waals surface area (Å²) in [5.41, 5.74) is 0. The Morgan fingerprint density at radius 2 is 2.00 bits per heavy atom. The van der Waals surface area contributed by atoms with Crippen molar-refractivity contribution in [1.29, 1.82) is 0 Å². The van der Waals surface area contributed by atoms with Gasteiger partial charge in [0.1, 0.15) is 6.61 Å². The van der Waals surface area contributed by atoms with Gasteiger partial charge in [-0.15, -0.1) is 5.92 Å². The van der Waals surface area contributed by atoms with Gasteiger partial charge in [-0.25, -0.2) is 0 Å². The van der Waals surface area contributed by atoms with Crippen molar-refractivity contribution in [3.8, 4) is 11.8 Å². The minimum Gasteiger partial charge on any atom is -0.365 e. The first kappa shape index (κ1) is 11.6. The van der Waals surface area contributed by atoms with Gasteiger partial charge >= 0.3 is 0 Å². The lowest BCUT2D eigenvalue weighted by Crippen LogP contribution is -2.40. The zero-order valence-corrected chi connectivity index (χ0v) is 9.55. The molecule has 14 heavy (non-hydrogen) atoms.